The fourth-order valence-corrected chi connectivity index (χ4v) is 2.00. The monoisotopic (exact) mass is 309 g/mol. The van der Waals surface area contributed by atoms with Gasteiger partial charge in [0.05, 0.1) is 29.9 Å². The molecule has 23 heavy (non-hydrogen) atoms. The van der Waals surface area contributed by atoms with Crippen molar-refractivity contribution in [2.24, 2.45) is 0 Å². The van der Waals surface area contributed by atoms with Gasteiger partial charge in [-0.05, 0) is 35.9 Å². The predicted molar refractivity (Wildman–Crippen MR) is 80.0 cm³/mol. The lowest BCUT2D eigenvalue weighted by atomic mass is 10.1. The number of hydrogen-bond acceptors (Lipinski definition) is 4. The lowest BCUT2D eigenvalue weighted by Crippen LogP contribution is -2.24. The van der Waals surface area contributed by atoms with E-state index in [1.807, 2.05) is 12.1 Å². The van der Waals surface area contributed by atoms with Crippen molar-refractivity contribution in [1.82, 2.24) is 5.32 Å². The van der Waals surface area contributed by atoms with Crippen molar-refractivity contribution < 1.29 is 13.9 Å². The Balaban J connectivity index is 2.14. The Bertz CT molecular complexity index is 835. The zero-order chi connectivity index (χ0) is 16.8. The molecule has 2 aromatic rings. The number of benzene rings is 2. The fraction of sp³-hybridized carbons (Fsp3) is 0.118. The Kier molecular flexibility index (Phi) is 4.91. The maximum absolute atomic E-state index is 13.7. The molecular formula is C17H12FN3O2. The molecule has 1 amide bonds. The minimum absolute atomic E-state index is 0.119. The minimum atomic E-state index is -0.700. The Labute approximate surface area is 132 Å². The third-order valence-corrected chi connectivity index (χ3v) is 3.18. The van der Waals surface area contributed by atoms with Crippen LogP contribution in [0.25, 0.3) is 0 Å². The van der Waals surface area contributed by atoms with Crippen LogP contribution in [0.15, 0.2) is 36.4 Å². The molecule has 0 unspecified atom stereocenters. The highest BCUT2D eigenvalue weighted by Gasteiger charge is 2.13. The van der Waals surface area contributed by atoms with Gasteiger partial charge in [-0.1, -0.05) is 6.07 Å². The summed E-state index contributed by atoms with van der Waals surface area (Å²) >= 11 is 0. The number of amides is 1. The van der Waals surface area contributed by atoms with Crippen LogP contribution in [0.2, 0.25) is 0 Å². The summed E-state index contributed by atoms with van der Waals surface area (Å²) in [6.45, 7) is 0.119. The van der Waals surface area contributed by atoms with Crippen molar-refractivity contribution in [3.05, 3.63) is 64.5 Å². The SMILES string of the molecule is COc1ccc(CNC(=O)c2cc(C#N)ccc2F)cc1C#N. The van der Waals surface area contributed by atoms with E-state index in [9.17, 15) is 9.18 Å². The summed E-state index contributed by atoms with van der Waals surface area (Å²) in [6.07, 6.45) is 0. The summed E-state index contributed by atoms with van der Waals surface area (Å²) in [7, 11) is 1.46. The van der Waals surface area contributed by atoms with E-state index in [2.05, 4.69) is 5.32 Å². The summed E-state index contributed by atoms with van der Waals surface area (Å²) in [5.74, 6) is -0.891. The number of nitrogens with zero attached hydrogens (tertiary/aromatic N) is 2. The third kappa shape index (κ3) is 3.63. The van der Waals surface area contributed by atoms with Crippen LogP contribution in [-0.2, 0) is 6.54 Å². The van der Waals surface area contributed by atoms with Crippen molar-refractivity contribution in [2.45, 2.75) is 6.54 Å². The number of nitrogens with one attached hydrogen (secondary N) is 1. The molecule has 0 saturated heterocycles. The molecular weight excluding hydrogens is 297 g/mol. The molecule has 0 saturated carbocycles. The molecule has 0 spiro atoms. The van der Waals surface area contributed by atoms with E-state index < -0.39 is 11.7 Å². The number of methoxy groups -OCH3 is 1. The number of halogens is 1. The first-order chi connectivity index (χ1) is 11.1. The van der Waals surface area contributed by atoms with Gasteiger partial charge in [-0.2, -0.15) is 10.5 Å². The van der Waals surface area contributed by atoms with Gasteiger partial charge in [0.15, 0.2) is 0 Å². The first-order valence-corrected chi connectivity index (χ1v) is 6.64. The topological polar surface area (TPSA) is 85.9 Å². The van der Waals surface area contributed by atoms with Crippen molar-refractivity contribution >= 4 is 5.91 Å². The van der Waals surface area contributed by atoms with Crippen molar-refractivity contribution in [3.8, 4) is 17.9 Å². The standard InChI is InChI=1S/C17H12FN3O2/c1-23-16-5-3-12(6-13(16)9-20)10-21-17(22)14-7-11(8-19)2-4-15(14)18/h2-7H,10H2,1H3,(H,21,22). The van der Waals surface area contributed by atoms with E-state index in [4.69, 9.17) is 15.3 Å². The summed E-state index contributed by atoms with van der Waals surface area (Å²) in [5, 5.41) is 20.4. The quantitative estimate of drug-likeness (QED) is 0.940. The average Bonchev–Trinajstić information content (AvgIpc) is 2.59. The van der Waals surface area contributed by atoms with Gasteiger partial charge in [-0.15, -0.1) is 0 Å². The molecule has 0 aromatic heterocycles. The highest BCUT2D eigenvalue weighted by Crippen LogP contribution is 2.19. The highest BCUT2D eigenvalue weighted by atomic mass is 19.1. The van der Waals surface area contributed by atoms with Crippen LogP contribution in [0.1, 0.15) is 27.0 Å². The van der Waals surface area contributed by atoms with Crippen LogP contribution in [0.4, 0.5) is 4.39 Å². The fourth-order valence-electron chi connectivity index (χ4n) is 2.00. The van der Waals surface area contributed by atoms with Crippen molar-refractivity contribution in [2.75, 3.05) is 7.11 Å². The zero-order valence-corrected chi connectivity index (χ0v) is 12.3. The molecule has 0 bridgehead atoms. The van der Waals surface area contributed by atoms with Crippen LogP contribution >= 0.6 is 0 Å². The van der Waals surface area contributed by atoms with E-state index in [0.29, 0.717) is 16.9 Å². The van der Waals surface area contributed by atoms with E-state index >= 15 is 0 Å². The summed E-state index contributed by atoms with van der Waals surface area (Å²) in [5.41, 5.74) is 1.02. The van der Waals surface area contributed by atoms with E-state index in [1.165, 1.54) is 19.2 Å². The zero-order valence-electron chi connectivity index (χ0n) is 12.3. The molecule has 0 atom stereocenters. The second-order valence-electron chi connectivity index (χ2n) is 4.64. The van der Waals surface area contributed by atoms with Gasteiger partial charge in [-0.3, -0.25) is 4.79 Å². The highest BCUT2D eigenvalue weighted by molar-refractivity contribution is 5.94. The molecule has 2 rings (SSSR count). The smallest absolute Gasteiger partial charge is 0.254 e. The molecule has 0 aliphatic carbocycles. The maximum atomic E-state index is 13.7. The first kappa shape index (κ1) is 16.0. The minimum Gasteiger partial charge on any atom is -0.495 e. The number of rotatable bonds is 4. The van der Waals surface area contributed by atoms with E-state index in [0.717, 1.165) is 6.07 Å². The summed E-state index contributed by atoms with van der Waals surface area (Å²) < 4.78 is 18.7. The van der Waals surface area contributed by atoms with Gasteiger partial charge in [0.25, 0.3) is 5.91 Å². The molecule has 114 valence electrons. The van der Waals surface area contributed by atoms with Crippen LogP contribution in [-0.4, -0.2) is 13.0 Å². The van der Waals surface area contributed by atoms with Crippen LogP contribution < -0.4 is 10.1 Å². The van der Waals surface area contributed by atoms with Gasteiger partial charge >= 0.3 is 0 Å². The number of nitriles is 2. The predicted octanol–water partition coefficient (Wildman–Crippen LogP) is 2.51. The molecule has 0 heterocycles. The third-order valence-electron chi connectivity index (χ3n) is 3.18. The lowest BCUT2D eigenvalue weighted by molar-refractivity contribution is 0.0947. The number of hydrogen-bond donors (Lipinski definition) is 1. The second kappa shape index (κ2) is 7.06. The van der Waals surface area contributed by atoms with Gasteiger partial charge in [0, 0.05) is 6.54 Å². The number of ether oxygens (including phenoxy) is 1. The summed E-state index contributed by atoms with van der Waals surface area (Å²) in [6, 6.07) is 12.3. The largest absolute Gasteiger partial charge is 0.495 e. The van der Waals surface area contributed by atoms with Crippen molar-refractivity contribution in [1.29, 1.82) is 10.5 Å². The molecule has 6 heteroatoms. The lowest BCUT2D eigenvalue weighted by Gasteiger charge is -2.08. The van der Waals surface area contributed by atoms with Crippen LogP contribution in [0.3, 0.4) is 0 Å². The van der Waals surface area contributed by atoms with Gasteiger partial charge in [-0.25, -0.2) is 4.39 Å². The molecule has 0 radical (unpaired) electrons. The maximum Gasteiger partial charge on any atom is 0.254 e. The molecule has 1 N–H and O–H groups in total. The Hall–Kier alpha value is -3.38. The first-order valence-electron chi connectivity index (χ1n) is 6.64. The summed E-state index contributed by atoms with van der Waals surface area (Å²) in [4.78, 5) is 12.0. The molecule has 0 fully saturated rings. The van der Waals surface area contributed by atoms with Crippen LogP contribution in [0.5, 0.6) is 5.75 Å². The van der Waals surface area contributed by atoms with Crippen molar-refractivity contribution in [3.63, 3.8) is 0 Å². The van der Waals surface area contributed by atoms with Crippen LogP contribution in [0, 0.1) is 28.5 Å². The van der Waals surface area contributed by atoms with Gasteiger partial charge < -0.3 is 10.1 Å². The second-order valence-corrected chi connectivity index (χ2v) is 4.64. The normalized spacial score (nSPS) is 9.57. The molecule has 0 aliphatic heterocycles. The van der Waals surface area contributed by atoms with E-state index in [-0.39, 0.29) is 17.7 Å². The number of carbonyl (C=O) groups is 1. The van der Waals surface area contributed by atoms with Gasteiger partial charge in [0.1, 0.15) is 17.6 Å². The Morgan fingerprint density at radius 3 is 2.65 bits per heavy atom. The Morgan fingerprint density at radius 2 is 2.00 bits per heavy atom. The average molecular weight is 309 g/mol. The molecule has 2 aromatic carbocycles. The van der Waals surface area contributed by atoms with E-state index in [1.54, 1.807) is 18.2 Å². The molecule has 0 aliphatic rings. The van der Waals surface area contributed by atoms with Gasteiger partial charge in [0.2, 0.25) is 0 Å². The Morgan fingerprint density at radius 1 is 1.22 bits per heavy atom. The molecule has 5 nitrogen and oxygen atoms in total. The number of carbonyl (C=O) groups excluding carboxylic acids is 1.